The van der Waals surface area contributed by atoms with Crippen molar-refractivity contribution >= 4 is 15.9 Å². The van der Waals surface area contributed by atoms with Crippen molar-refractivity contribution in [2.24, 2.45) is 0 Å². The van der Waals surface area contributed by atoms with E-state index in [0.29, 0.717) is 17.5 Å². The Labute approximate surface area is 203 Å². The minimum atomic E-state index is -4.52. The van der Waals surface area contributed by atoms with Gasteiger partial charge in [0.05, 0.1) is 28.4 Å². The lowest BCUT2D eigenvalue weighted by atomic mass is 10.1. The second-order valence-corrected chi connectivity index (χ2v) is 9.89. The molecule has 0 saturated carbocycles. The summed E-state index contributed by atoms with van der Waals surface area (Å²) in [5.41, 5.74) is 0.0797. The molecule has 2 atom stereocenters. The highest BCUT2D eigenvalue weighted by Crippen LogP contribution is 2.30. The highest BCUT2D eigenvalue weighted by Gasteiger charge is 2.46. The van der Waals surface area contributed by atoms with Crippen LogP contribution in [0.3, 0.4) is 0 Å². The van der Waals surface area contributed by atoms with Crippen LogP contribution in [0.15, 0.2) is 65.8 Å². The van der Waals surface area contributed by atoms with Gasteiger partial charge in [0.15, 0.2) is 0 Å². The van der Waals surface area contributed by atoms with Gasteiger partial charge < -0.3 is 5.32 Å². The van der Waals surface area contributed by atoms with Crippen LogP contribution in [-0.4, -0.2) is 47.4 Å². The van der Waals surface area contributed by atoms with Gasteiger partial charge in [-0.15, -0.1) is 0 Å². The summed E-state index contributed by atoms with van der Waals surface area (Å²) in [5.74, 6) is -1.53. The quantitative estimate of drug-likeness (QED) is 0.495. The molecule has 0 unspecified atom stereocenters. The first-order chi connectivity index (χ1) is 17.0. The second-order valence-electron chi connectivity index (χ2n) is 8.00. The Morgan fingerprint density at radius 1 is 1.08 bits per heavy atom. The smallest absolute Gasteiger partial charge is 0.349 e. The highest BCUT2D eigenvalue weighted by molar-refractivity contribution is 7.89. The molecule has 13 heteroatoms. The maximum atomic E-state index is 14.6. The van der Waals surface area contributed by atoms with E-state index in [1.807, 2.05) is 0 Å². The number of sulfonamides is 1. The zero-order chi connectivity index (χ0) is 26.1. The summed E-state index contributed by atoms with van der Waals surface area (Å²) in [7, 11) is -4.26. The largest absolute Gasteiger partial charge is 0.417 e. The fraction of sp³-hybridized carbons (Fsp3) is 0.261. The molecular formula is C23H19F5N4O3S. The van der Waals surface area contributed by atoms with Crippen molar-refractivity contribution in [1.29, 1.82) is 0 Å². The van der Waals surface area contributed by atoms with E-state index in [2.05, 4.69) is 15.3 Å². The van der Waals surface area contributed by atoms with Gasteiger partial charge in [0.25, 0.3) is 0 Å². The third kappa shape index (κ3) is 5.36. The van der Waals surface area contributed by atoms with E-state index in [1.54, 1.807) is 0 Å². The van der Waals surface area contributed by atoms with Gasteiger partial charge in [-0.05, 0) is 55.0 Å². The Hall–Kier alpha value is -3.45. The summed E-state index contributed by atoms with van der Waals surface area (Å²) in [5, 5.41) is 2.46. The molecule has 36 heavy (non-hydrogen) atoms. The minimum absolute atomic E-state index is 0.189. The van der Waals surface area contributed by atoms with Gasteiger partial charge in [0, 0.05) is 24.5 Å². The number of halogens is 5. The fourth-order valence-electron chi connectivity index (χ4n) is 3.78. The average Bonchev–Trinajstić information content (AvgIpc) is 3.25. The van der Waals surface area contributed by atoms with E-state index >= 15 is 0 Å². The molecule has 0 spiro atoms. The van der Waals surface area contributed by atoms with E-state index in [-0.39, 0.29) is 30.1 Å². The molecule has 2 aromatic heterocycles. The minimum Gasteiger partial charge on any atom is -0.349 e. The number of benzene rings is 1. The molecule has 7 nitrogen and oxygen atoms in total. The number of amides is 1. The van der Waals surface area contributed by atoms with Crippen molar-refractivity contribution in [3.63, 3.8) is 0 Å². The molecule has 3 aromatic rings. The van der Waals surface area contributed by atoms with Gasteiger partial charge in [-0.2, -0.15) is 17.5 Å². The molecule has 1 aliphatic rings. The Balaban J connectivity index is 1.47. The summed E-state index contributed by atoms with van der Waals surface area (Å²) >= 11 is 0. The highest BCUT2D eigenvalue weighted by atomic mass is 32.2. The van der Waals surface area contributed by atoms with Crippen molar-refractivity contribution in [3.05, 3.63) is 78.0 Å². The van der Waals surface area contributed by atoms with E-state index < -0.39 is 45.7 Å². The normalized spacial score (nSPS) is 18.8. The summed E-state index contributed by atoms with van der Waals surface area (Å²) in [6.07, 6.45) is -4.39. The monoisotopic (exact) mass is 526 g/mol. The number of nitrogens with zero attached hydrogens (tertiary/aromatic N) is 3. The van der Waals surface area contributed by atoms with Crippen LogP contribution in [0.1, 0.15) is 17.7 Å². The molecule has 0 aliphatic carbocycles. The molecule has 1 aromatic carbocycles. The third-order valence-electron chi connectivity index (χ3n) is 5.61. The molecule has 0 radical (unpaired) electrons. The lowest BCUT2D eigenvalue weighted by molar-refractivity contribution is -0.137. The summed E-state index contributed by atoms with van der Waals surface area (Å²) in [4.78, 5) is 20.4. The predicted molar refractivity (Wildman–Crippen MR) is 118 cm³/mol. The Bertz CT molecular complexity index is 1350. The van der Waals surface area contributed by atoms with Crippen LogP contribution in [0.25, 0.3) is 11.3 Å². The molecule has 1 saturated heterocycles. The maximum absolute atomic E-state index is 14.6. The van der Waals surface area contributed by atoms with Crippen molar-refractivity contribution in [3.8, 4) is 11.3 Å². The number of aromatic nitrogens is 2. The number of carbonyl (C=O) groups excluding carboxylic acids is 1. The number of nitrogens with one attached hydrogen (secondary N) is 1. The number of carbonyl (C=O) groups is 1. The standard InChI is InChI=1S/C23H19F5N4O3S/c24-16-2-4-18(5-3-16)36(34,35)32-10-8-19(25)21(32)22(33)31-13-17-11-14(7-9-29-17)20-6-1-15(12-30-20)23(26,27)28/h1-7,9,11-12,19,21H,8,10,13H2,(H,31,33)/t19-,21-/m0/s1. The van der Waals surface area contributed by atoms with Crippen LogP contribution >= 0.6 is 0 Å². The summed E-state index contributed by atoms with van der Waals surface area (Å²) < 4.78 is 92.7. The number of pyridine rings is 2. The van der Waals surface area contributed by atoms with Crippen molar-refractivity contribution in [2.75, 3.05) is 6.54 Å². The van der Waals surface area contributed by atoms with E-state index in [4.69, 9.17) is 0 Å². The molecule has 4 rings (SSSR count). The molecule has 3 heterocycles. The number of hydrogen-bond donors (Lipinski definition) is 1. The first-order valence-corrected chi connectivity index (χ1v) is 12.1. The van der Waals surface area contributed by atoms with E-state index in [0.717, 1.165) is 34.6 Å². The number of hydrogen-bond acceptors (Lipinski definition) is 5. The Kier molecular flexibility index (Phi) is 7.05. The third-order valence-corrected chi connectivity index (χ3v) is 7.51. The fourth-order valence-corrected chi connectivity index (χ4v) is 5.41. The average molecular weight is 526 g/mol. The first kappa shape index (κ1) is 25.6. The maximum Gasteiger partial charge on any atom is 0.417 e. The van der Waals surface area contributed by atoms with Gasteiger partial charge in [-0.1, -0.05) is 0 Å². The van der Waals surface area contributed by atoms with Crippen molar-refractivity contribution in [2.45, 2.75) is 36.3 Å². The lowest BCUT2D eigenvalue weighted by Crippen LogP contribution is -2.49. The van der Waals surface area contributed by atoms with Crippen LogP contribution in [-0.2, 0) is 27.5 Å². The predicted octanol–water partition coefficient (Wildman–Crippen LogP) is 3.72. The summed E-state index contributed by atoms with van der Waals surface area (Å²) in [6.45, 7) is -0.423. The number of rotatable bonds is 6. The van der Waals surface area contributed by atoms with Crippen molar-refractivity contribution in [1.82, 2.24) is 19.6 Å². The van der Waals surface area contributed by atoms with E-state index in [9.17, 15) is 35.2 Å². The van der Waals surface area contributed by atoms with Crippen molar-refractivity contribution < 1.29 is 35.2 Å². The topological polar surface area (TPSA) is 92.3 Å². The van der Waals surface area contributed by atoms with Gasteiger partial charge in [-0.25, -0.2) is 17.2 Å². The van der Waals surface area contributed by atoms with Crippen LogP contribution in [0.5, 0.6) is 0 Å². The Morgan fingerprint density at radius 3 is 2.44 bits per heavy atom. The van der Waals surface area contributed by atoms with Crippen LogP contribution in [0.4, 0.5) is 22.0 Å². The molecule has 1 fully saturated rings. The lowest BCUT2D eigenvalue weighted by Gasteiger charge is -2.24. The summed E-state index contributed by atoms with van der Waals surface area (Å²) in [6, 6.07) is 7.46. The van der Waals surface area contributed by atoms with Gasteiger partial charge in [0.1, 0.15) is 18.0 Å². The SMILES string of the molecule is O=C(NCc1cc(-c2ccc(C(F)(F)F)cn2)ccn1)[C@@H]1[C@@H](F)CCN1S(=O)(=O)c1ccc(F)cc1. The molecular weight excluding hydrogens is 507 g/mol. The molecule has 1 amide bonds. The molecule has 1 aliphatic heterocycles. The zero-order valence-electron chi connectivity index (χ0n) is 18.4. The first-order valence-electron chi connectivity index (χ1n) is 10.6. The zero-order valence-corrected chi connectivity index (χ0v) is 19.2. The van der Waals surface area contributed by atoms with Crippen LogP contribution < -0.4 is 5.32 Å². The number of alkyl halides is 4. The van der Waals surface area contributed by atoms with Gasteiger partial charge in [-0.3, -0.25) is 14.8 Å². The molecule has 190 valence electrons. The van der Waals surface area contributed by atoms with Crippen LogP contribution in [0.2, 0.25) is 0 Å². The van der Waals surface area contributed by atoms with Gasteiger partial charge in [0.2, 0.25) is 15.9 Å². The molecule has 1 N–H and O–H groups in total. The second kappa shape index (κ2) is 9.90. The van der Waals surface area contributed by atoms with Gasteiger partial charge >= 0.3 is 6.18 Å². The molecule has 0 bridgehead atoms. The van der Waals surface area contributed by atoms with Crippen LogP contribution in [0, 0.1) is 5.82 Å². The Morgan fingerprint density at radius 2 is 1.81 bits per heavy atom. The van der Waals surface area contributed by atoms with E-state index in [1.165, 1.54) is 24.4 Å².